The van der Waals surface area contributed by atoms with Crippen molar-refractivity contribution in [1.82, 2.24) is 0 Å². The zero-order valence-corrected chi connectivity index (χ0v) is 8.08. The maximum atomic E-state index is 8.91. The van der Waals surface area contributed by atoms with Crippen molar-refractivity contribution >= 4 is 11.8 Å². The molecule has 0 spiro atoms. The summed E-state index contributed by atoms with van der Waals surface area (Å²) in [5.74, 6) is 1.83. The smallest absolute Gasteiger partial charge is 0.106 e. The molecule has 2 unspecified atom stereocenters. The van der Waals surface area contributed by atoms with Gasteiger partial charge >= 0.3 is 0 Å². The Kier molecular flexibility index (Phi) is 2.84. The molecule has 62 valence electrons. The Bertz CT molecular complexity index is 173. The number of rotatable bonds is 4. The molecule has 0 amide bonds. The van der Waals surface area contributed by atoms with Gasteiger partial charge in [-0.3, -0.25) is 0 Å². The van der Waals surface area contributed by atoms with E-state index in [-0.39, 0.29) is 4.75 Å². The molecule has 0 saturated heterocycles. The molecule has 1 fully saturated rings. The van der Waals surface area contributed by atoms with Gasteiger partial charge in [-0.25, -0.2) is 0 Å². The fourth-order valence-electron chi connectivity index (χ4n) is 1.41. The van der Waals surface area contributed by atoms with Crippen LogP contribution < -0.4 is 0 Å². The number of nitriles is 1. The number of hydrogen-bond acceptors (Lipinski definition) is 2. The molecule has 0 aromatic rings. The molecule has 1 aliphatic carbocycles. The number of hydrogen-bond donors (Lipinski definition) is 0. The number of nitrogens with zero attached hydrogens (tertiary/aromatic N) is 1. The zero-order chi connectivity index (χ0) is 8.32. The lowest BCUT2D eigenvalue weighted by Gasteiger charge is -2.04. The fourth-order valence-corrected chi connectivity index (χ4v) is 2.77. The van der Waals surface area contributed by atoms with Crippen molar-refractivity contribution in [2.24, 2.45) is 5.92 Å². The summed E-state index contributed by atoms with van der Waals surface area (Å²) >= 11 is 1.86. The Balaban J connectivity index is 2.35. The van der Waals surface area contributed by atoms with E-state index in [0.29, 0.717) is 5.92 Å². The van der Waals surface area contributed by atoms with Crippen LogP contribution in [0.3, 0.4) is 0 Å². The highest BCUT2D eigenvalue weighted by molar-refractivity contribution is 8.01. The predicted molar refractivity (Wildman–Crippen MR) is 49.5 cm³/mol. The quantitative estimate of drug-likeness (QED) is 0.646. The van der Waals surface area contributed by atoms with Gasteiger partial charge in [-0.15, -0.1) is 11.8 Å². The summed E-state index contributed by atoms with van der Waals surface area (Å²) in [6.07, 6.45) is 3.49. The van der Waals surface area contributed by atoms with Gasteiger partial charge in [-0.1, -0.05) is 20.3 Å². The van der Waals surface area contributed by atoms with Crippen LogP contribution in [0.1, 0.15) is 33.1 Å². The minimum Gasteiger partial charge on any atom is -0.197 e. The second kappa shape index (κ2) is 3.49. The summed E-state index contributed by atoms with van der Waals surface area (Å²) in [4.78, 5) is 0. The molecule has 2 atom stereocenters. The van der Waals surface area contributed by atoms with Crippen molar-refractivity contribution in [1.29, 1.82) is 5.26 Å². The van der Waals surface area contributed by atoms with Gasteiger partial charge in [0.25, 0.3) is 0 Å². The SMILES string of the molecule is CCCSC1(C#N)CC1CC. The van der Waals surface area contributed by atoms with E-state index in [1.54, 1.807) is 0 Å². The van der Waals surface area contributed by atoms with Gasteiger partial charge in [0.05, 0.1) is 6.07 Å². The van der Waals surface area contributed by atoms with Crippen molar-refractivity contribution in [3.8, 4) is 6.07 Å². The minimum absolute atomic E-state index is 0.0325. The lowest BCUT2D eigenvalue weighted by atomic mass is 10.3. The second-order valence-corrected chi connectivity index (χ2v) is 4.58. The molecule has 0 N–H and O–H groups in total. The maximum absolute atomic E-state index is 8.91. The van der Waals surface area contributed by atoms with E-state index < -0.39 is 0 Å². The molecule has 0 heterocycles. The van der Waals surface area contributed by atoms with Crippen LogP contribution >= 0.6 is 11.8 Å². The first-order valence-corrected chi connectivity index (χ1v) is 5.32. The van der Waals surface area contributed by atoms with Crippen LogP contribution in [0.15, 0.2) is 0 Å². The Morgan fingerprint density at radius 2 is 2.36 bits per heavy atom. The molecular weight excluding hydrogens is 154 g/mol. The summed E-state index contributed by atoms with van der Waals surface area (Å²) in [6, 6.07) is 2.45. The highest BCUT2D eigenvalue weighted by Crippen LogP contribution is 2.55. The van der Waals surface area contributed by atoms with Gasteiger partial charge in [0.2, 0.25) is 0 Å². The van der Waals surface area contributed by atoms with E-state index in [1.165, 1.54) is 12.8 Å². The molecule has 0 bridgehead atoms. The molecule has 0 aromatic carbocycles. The van der Waals surface area contributed by atoms with Crippen LogP contribution in [-0.4, -0.2) is 10.5 Å². The van der Waals surface area contributed by atoms with Gasteiger partial charge in [0.15, 0.2) is 0 Å². The highest BCUT2D eigenvalue weighted by Gasteiger charge is 2.53. The summed E-state index contributed by atoms with van der Waals surface area (Å²) < 4.78 is 0.0325. The van der Waals surface area contributed by atoms with Crippen LogP contribution in [0.4, 0.5) is 0 Å². The average molecular weight is 169 g/mol. The van der Waals surface area contributed by atoms with Gasteiger partial charge < -0.3 is 0 Å². The molecule has 2 heteroatoms. The van der Waals surface area contributed by atoms with Crippen molar-refractivity contribution in [2.75, 3.05) is 5.75 Å². The molecule has 1 saturated carbocycles. The fraction of sp³-hybridized carbons (Fsp3) is 0.889. The van der Waals surface area contributed by atoms with Crippen LogP contribution in [0, 0.1) is 17.2 Å². The first-order valence-electron chi connectivity index (χ1n) is 4.34. The summed E-state index contributed by atoms with van der Waals surface area (Å²) in [5, 5.41) is 8.91. The van der Waals surface area contributed by atoms with Gasteiger partial charge in [0.1, 0.15) is 4.75 Å². The molecule has 1 rings (SSSR count). The highest BCUT2D eigenvalue weighted by atomic mass is 32.2. The lowest BCUT2D eigenvalue weighted by Crippen LogP contribution is -2.03. The van der Waals surface area contributed by atoms with E-state index in [9.17, 15) is 0 Å². The summed E-state index contributed by atoms with van der Waals surface area (Å²) in [7, 11) is 0. The molecule has 0 aromatic heterocycles. The molecular formula is C9H15NS. The van der Waals surface area contributed by atoms with E-state index in [1.807, 2.05) is 11.8 Å². The summed E-state index contributed by atoms with van der Waals surface area (Å²) in [6.45, 7) is 4.34. The topological polar surface area (TPSA) is 23.8 Å². The molecule has 0 radical (unpaired) electrons. The van der Waals surface area contributed by atoms with E-state index in [4.69, 9.17) is 5.26 Å². The van der Waals surface area contributed by atoms with Crippen LogP contribution in [-0.2, 0) is 0 Å². The van der Waals surface area contributed by atoms with E-state index in [0.717, 1.165) is 12.2 Å². The van der Waals surface area contributed by atoms with E-state index in [2.05, 4.69) is 19.9 Å². The third-order valence-corrected chi connectivity index (χ3v) is 4.01. The van der Waals surface area contributed by atoms with Crippen molar-refractivity contribution in [3.63, 3.8) is 0 Å². The largest absolute Gasteiger partial charge is 0.197 e. The Morgan fingerprint density at radius 1 is 1.64 bits per heavy atom. The van der Waals surface area contributed by atoms with Crippen molar-refractivity contribution in [2.45, 2.75) is 37.9 Å². The maximum Gasteiger partial charge on any atom is 0.106 e. The Hall–Kier alpha value is -0.160. The van der Waals surface area contributed by atoms with Crippen LogP contribution in [0.25, 0.3) is 0 Å². The van der Waals surface area contributed by atoms with Crippen molar-refractivity contribution in [3.05, 3.63) is 0 Å². The van der Waals surface area contributed by atoms with Gasteiger partial charge in [0, 0.05) is 0 Å². The monoisotopic (exact) mass is 169 g/mol. The third-order valence-electron chi connectivity index (χ3n) is 2.29. The van der Waals surface area contributed by atoms with E-state index >= 15 is 0 Å². The first-order chi connectivity index (χ1) is 5.29. The lowest BCUT2D eigenvalue weighted by molar-refractivity contribution is 0.776. The minimum atomic E-state index is 0.0325. The van der Waals surface area contributed by atoms with Gasteiger partial charge in [-0.05, 0) is 24.5 Å². The van der Waals surface area contributed by atoms with Gasteiger partial charge in [-0.2, -0.15) is 5.26 Å². The molecule has 1 nitrogen and oxygen atoms in total. The van der Waals surface area contributed by atoms with Crippen LogP contribution in [0.2, 0.25) is 0 Å². The summed E-state index contributed by atoms with van der Waals surface area (Å²) in [5.41, 5.74) is 0. The number of thioether (sulfide) groups is 1. The Morgan fingerprint density at radius 3 is 2.73 bits per heavy atom. The van der Waals surface area contributed by atoms with Crippen molar-refractivity contribution < 1.29 is 0 Å². The third kappa shape index (κ3) is 1.70. The normalized spacial score (nSPS) is 34.8. The zero-order valence-electron chi connectivity index (χ0n) is 7.26. The standard InChI is InChI=1S/C9H15NS/c1-3-5-11-9(7-10)6-8(9)4-2/h8H,3-6H2,1-2H3. The molecule has 0 aliphatic heterocycles. The predicted octanol–water partition coefficient (Wildman–Crippen LogP) is 2.82. The average Bonchev–Trinajstić information content (AvgIpc) is 2.76. The van der Waals surface area contributed by atoms with Crippen LogP contribution in [0.5, 0.6) is 0 Å². The first kappa shape index (κ1) is 8.93. The Labute approximate surface area is 73.2 Å². The molecule has 11 heavy (non-hydrogen) atoms. The molecule has 1 aliphatic rings. The second-order valence-electron chi connectivity index (χ2n) is 3.16.